The predicted octanol–water partition coefficient (Wildman–Crippen LogP) is 3.64. The molecule has 3 rings (SSSR count). The summed E-state index contributed by atoms with van der Waals surface area (Å²) in [5.41, 5.74) is 0.872. The van der Waals surface area contributed by atoms with E-state index in [2.05, 4.69) is 10.3 Å². The molecule has 1 aliphatic carbocycles. The lowest BCUT2D eigenvalue weighted by Crippen LogP contribution is -2.18. The fourth-order valence-electron chi connectivity index (χ4n) is 2.21. The number of nitrogens with zero attached hydrogens (tertiary/aromatic N) is 2. The quantitative estimate of drug-likeness (QED) is 0.641. The molecule has 120 valence electrons. The van der Waals surface area contributed by atoms with Gasteiger partial charge < -0.3 is 5.32 Å². The zero-order chi connectivity index (χ0) is 16.6. The number of aromatic nitrogens is 1. The molecule has 6 nitrogen and oxygen atoms in total. The number of amides is 1. The van der Waals surface area contributed by atoms with Crippen LogP contribution < -0.4 is 5.32 Å². The average Bonchev–Trinajstić information content (AvgIpc) is 3.19. The molecule has 0 saturated heterocycles. The number of anilines is 1. The summed E-state index contributed by atoms with van der Waals surface area (Å²) in [7, 11) is 0. The molecule has 1 aromatic heterocycles. The van der Waals surface area contributed by atoms with Gasteiger partial charge in [0.2, 0.25) is 11.9 Å². The van der Waals surface area contributed by atoms with Gasteiger partial charge in [0.1, 0.15) is 5.92 Å². The molecule has 1 aliphatic rings. The van der Waals surface area contributed by atoms with Crippen LogP contribution in [0.3, 0.4) is 0 Å². The van der Waals surface area contributed by atoms with Crippen LogP contribution in [0.4, 0.5) is 5.13 Å². The summed E-state index contributed by atoms with van der Waals surface area (Å²) in [6, 6.07) is 4.47. The van der Waals surface area contributed by atoms with Crippen molar-refractivity contribution < 1.29 is 9.72 Å². The Labute approximate surface area is 145 Å². The van der Waals surface area contributed by atoms with Crippen LogP contribution in [0, 0.1) is 16.0 Å². The van der Waals surface area contributed by atoms with Gasteiger partial charge in [-0.05, 0) is 23.8 Å². The maximum Gasteiger partial charge on any atom is 0.236 e. The van der Waals surface area contributed by atoms with E-state index in [0.717, 1.165) is 10.4 Å². The first-order valence-electron chi connectivity index (χ1n) is 6.77. The number of rotatable bonds is 5. The Kier molecular flexibility index (Phi) is 4.52. The molecule has 1 amide bonds. The van der Waals surface area contributed by atoms with Crippen LogP contribution in [0.2, 0.25) is 10.0 Å². The summed E-state index contributed by atoms with van der Waals surface area (Å²) in [4.78, 5) is 27.1. The zero-order valence-corrected chi connectivity index (χ0v) is 14.0. The molecule has 0 radical (unpaired) electrons. The first kappa shape index (κ1) is 16.2. The number of carbonyl (C=O) groups is 1. The van der Waals surface area contributed by atoms with E-state index in [1.54, 1.807) is 24.4 Å². The van der Waals surface area contributed by atoms with Crippen LogP contribution in [0.5, 0.6) is 0 Å². The SMILES string of the molecule is O=C(Nc1ncc(Cc2cc(Cl)ccc2Cl)s1)[C@@H]1C[C@@H]1[N+](=O)[O-]. The highest BCUT2D eigenvalue weighted by molar-refractivity contribution is 7.15. The molecular formula is C14H11Cl2N3O3S. The summed E-state index contributed by atoms with van der Waals surface area (Å²) in [6.07, 6.45) is 2.48. The largest absolute Gasteiger partial charge is 0.301 e. The molecule has 0 aliphatic heterocycles. The molecule has 1 heterocycles. The second kappa shape index (κ2) is 6.43. The summed E-state index contributed by atoms with van der Waals surface area (Å²) in [6.45, 7) is 0. The van der Waals surface area contributed by atoms with E-state index < -0.39 is 16.9 Å². The monoisotopic (exact) mass is 371 g/mol. The van der Waals surface area contributed by atoms with E-state index in [-0.39, 0.29) is 12.3 Å². The highest BCUT2D eigenvalue weighted by Gasteiger charge is 2.53. The van der Waals surface area contributed by atoms with Crippen molar-refractivity contribution in [2.45, 2.75) is 18.9 Å². The standard InChI is InChI=1S/C14H11Cl2N3O3S/c15-8-1-2-11(16)7(3-8)4-9-6-17-14(23-9)18-13(20)10-5-12(10)19(21)22/h1-3,6,10,12H,4-5H2,(H,17,18,20)/t10-,12+/m1/s1. The average molecular weight is 372 g/mol. The van der Waals surface area contributed by atoms with E-state index in [1.807, 2.05) is 0 Å². The van der Waals surface area contributed by atoms with Crippen LogP contribution in [-0.4, -0.2) is 21.9 Å². The third kappa shape index (κ3) is 3.80. The summed E-state index contributed by atoms with van der Waals surface area (Å²) in [5, 5.41) is 14.8. The van der Waals surface area contributed by atoms with Crippen molar-refractivity contribution in [3.63, 3.8) is 0 Å². The summed E-state index contributed by atoms with van der Waals surface area (Å²) in [5.74, 6) is -0.909. The number of nitro groups is 1. The molecule has 0 bridgehead atoms. The Morgan fingerprint density at radius 2 is 2.26 bits per heavy atom. The van der Waals surface area contributed by atoms with Gasteiger partial charge in [-0.25, -0.2) is 4.98 Å². The van der Waals surface area contributed by atoms with Crippen molar-refractivity contribution >= 4 is 45.6 Å². The normalized spacial score (nSPS) is 19.4. The number of hydrogen-bond donors (Lipinski definition) is 1. The van der Waals surface area contributed by atoms with E-state index in [1.165, 1.54) is 11.3 Å². The molecule has 0 spiro atoms. The van der Waals surface area contributed by atoms with E-state index in [9.17, 15) is 14.9 Å². The van der Waals surface area contributed by atoms with E-state index in [0.29, 0.717) is 21.6 Å². The van der Waals surface area contributed by atoms with Gasteiger partial charge >= 0.3 is 0 Å². The molecule has 23 heavy (non-hydrogen) atoms. The van der Waals surface area contributed by atoms with Gasteiger partial charge in [0.05, 0.1) is 0 Å². The van der Waals surface area contributed by atoms with Gasteiger partial charge in [0.25, 0.3) is 0 Å². The smallest absolute Gasteiger partial charge is 0.236 e. The lowest BCUT2D eigenvalue weighted by molar-refractivity contribution is -0.497. The lowest BCUT2D eigenvalue weighted by atomic mass is 10.1. The Hall–Kier alpha value is -1.70. The number of nitrogens with one attached hydrogen (secondary N) is 1. The Morgan fingerprint density at radius 1 is 1.48 bits per heavy atom. The fourth-order valence-corrected chi connectivity index (χ4v) is 3.43. The van der Waals surface area contributed by atoms with Crippen molar-refractivity contribution in [1.29, 1.82) is 0 Å². The van der Waals surface area contributed by atoms with E-state index in [4.69, 9.17) is 23.2 Å². The van der Waals surface area contributed by atoms with E-state index >= 15 is 0 Å². The molecule has 0 unspecified atom stereocenters. The zero-order valence-electron chi connectivity index (χ0n) is 11.7. The predicted molar refractivity (Wildman–Crippen MR) is 88.9 cm³/mol. The number of benzene rings is 1. The number of hydrogen-bond acceptors (Lipinski definition) is 5. The van der Waals surface area contributed by atoms with Crippen molar-refractivity contribution in [1.82, 2.24) is 4.98 Å². The second-order valence-electron chi connectivity index (χ2n) is 5.23. The number of carbonyl (C=O) groups excluding carboxylic acids is 1. The minimum atomic E-state index is -0.764. The van der Waals surface area contributed by atoms with Crippen LogP contribution in [0.1, 0.15) is 16.9 Å². The molecule has 1 saturated carbocycles. The summed E-state index contributed by atoms with van der Waals surface area (Å²) < 4.78 is 0. The third-order valence-corrected chi connectivity index (χ3v) is 5.04. The first-order chi connectivity index (χ1) is 10.9. The van der Waals surface area contributed by atoms with Gasteiger partial charge in [-0.15, -0.1) is 11.3 Å². The summed E-state index contributed by atoms with van der Waals surface area (Å²) >= 11 is 13.4. The van der Waals surface area contributed by atoms with Gasteiger partial charge in [-0.1, -0.05) is 23.2 Å². The van der Waals surface area contributed by atoms with Crippen molar-refractivity contribution in [2.75, 3.05) is 5.32 Å². The number of thiazole rings is 1. The molecule has 1 aromatic carbocycles. The Morgan fingerprint density at radius 3 is 2.96 bits per heavy atom. The van der Waals surface area contributed by atoms with Crippen LogP contribution in [-0.2, 0) is 11.2 Å². The minimum Gasteiger partial charge on any atom is -0.301 e. The Bertz CT molecular complexity index is 780. The van der Waals surface area contributed by atoms with Crippen LogP contribution in [0.15, 0.2) is 24.4 Å². The molecule has 1 N–H and O–H groups in total. The van der Waals surface area contributed by atoms with Crippen LogP contribution in [0.25, 0.3) is 0 Å². The molecule has 2 aromatic rings. The van der Waals surface area contributed by atoms with Gasteiger partial charge in [0, 0.05) is 38.9 Å². The Balaban J connectivity index is 1.63. The first-order valence-corrected chi connectivity index (χ1v) is 8.34. The fraction of sp³-hybridized carbons (Fsp3) is 0.286. The molecule has 9 heteroatoms. The highest BCUT2D eigenvalue weighted by Crippen LogP contribution is 2.34. The molecule has 2 atom stereocenters. The van der Waals surface area contributed by atoms with Gasteiger partial charge in [-0.3, -0.25) is 14.9 Å². The van der Waals surface area contributed by atoms with Crippen molar-refractivity contribution in [3.05, 3.63) is 55.0 Å². The lowest BCUT2D eigenvalue weighted by Gasteiger charge is -2.02. The molecular weight excluding hydrogens is 361 g/mol. The topological polar surface area (TPSA) is 85.1 Å². The number of halogens is 2. The third-order valence-electron chi connectivity index (χ3n) is 3.52. The van der Waals surface area contributed by atoms with Crippen molar-refractivity contribution in [3.8, 4) is 0 Å². The van der Waals surface area contributed by atoms with Gasteiger partial charge in [-0.2, -0.15) is 0 Å². The van der Waals surface area contributed by atoms with Gasteiger partial charge in [0.15, 0.2) is 5.13 Å². The second-order valence-corrected chi connectivity index (χ2v) is 7.19. The maximum absolute atomic E-state index is 11.9. The minimum absolute atomic E-state index is 0.287. The van der Waals surface area contributed by atoms with Crippen LogP contribution >= 0.6 is 34.5 Å². The highest BCUT2D eigenvalue weighted by atomic mass is 35.5. The van der Waals surface area contributed by atoms with Crippen molar-refractivity contribution in [2.24, 2.45) is 5.92 Å². The molecule has 1 fully saturated rings. The maximum atomic E-state index is 11.9.